The fourth-order valence-corrected chi connectivity index (χ4v) is 3.20. The van der Waals surface area contributed by atoms with Crippen molar-refractivity contribution < 1.29 is 0 Å². The molecule has 110 valence electrons. The van der Waals surface area contributed by atoms with Crippen LogP contribution in [0.25, 0.3) is 0 Å². The van der Waals surface area contributed by atoms with Gasteiger partial charge in [0.1, 0.15) is 0 Å². The first-order chi connectivity index (χ1) is 9.65. The Morgan fingerprint density at radius 2 is 2.15 bits per heavy atom. The molecule has 1 aliphatic carbocycles. The highest BCUT2D eigenvalue weighted by molar-refractivity contribution is 9.10. The molecule has 0 aromatic heterocycles. The second-order valence-corrected chi connectivity index (χ2v) is 6.92. The number of benzene rings is 1. The Balaban J connectivity index is 1.97. The summed E-state index contributed by atoms with van der Waals surface area (Å²) in [5, 5.41) is 3.57. The predicted molar refractivity (Wildman–Crippen MR) is 90.6 cm³/mol. The molecule has 0 bridgehead atoms. The third-order valence-corrected chi connectivity index (χ3v) is 4.41. The van der Waals surface area contributed by atoms with E-state index < -0.39 is 0 Å². The Morgan fingerprint density at radius 3 is 2.90 bits per heavy atom. The van der Waals surface area contributed by atoms with Crippen LogP contribution in [0.15, 0.2) is 33.7 Å². The summed E-state index contributed by atoms with van der Waals surface area (Å²) in [6, 6.07) is 9.38. The van der Waals surface area contributed by atoms with Crippen LogP contribution in [0.2, 0.25) is 0 Å². The Kier molecular flexibility index (Phi) is 6.24. The number of hydrogen-bond donors (Lipinski definition) is 1. The molecule has 0 spiro atoms. The number of nitrogens with one attached hydrogen (secondary N) is 1. The smallest absolute Gasteiger partial charge is 0.0540 e. The van der Waals surface area contributed by atoms with E-state index in [4.69, 9.17) is 4.99 Å². The van der Waals surface area contributed by atoms with Crippen molar-refractivity contribution in [3.05, 3.63) is 34.3 Å². The molecule has 2 atom stereocenters. The van der Waals surface area contributed by atoms with E-state index in [1.165, 1.54) is 31.2 Å². The van der Waals surface area contributed by atoms with Gasteiger partial charge in [-0.1, -0.05) is 54.8 Å². The first kappa shape index (κ1) is 15.7. The van der Waals surface area contributed by atoms with Gasteiger partial charge in [-0.15, -0.1) is 0 Å². The highest BCUT2D eigenvalue weighted by Crippen LogP contribution is 2.26. The molecule has 0 unspecified atom stereocenters. The van der Waals surface area contributed by atoms with Crippen LogP contribution in [0.3, 0.4) is 0 Å². The standard InChI is InChI=1S/C17H25BrN2/c1-13(2)19-12-15-7-3-4-9-17(15)20-11-14-6-5-8-16(18)10-14/h5-6,8,10-11,13,15,17,19H,3-4,7,9,12H2,1-2H3/t15-,17+/m0/s1. The molecule has 1 saturated carbocycles. The van der Waals surface area contributed by atoms with Gasteiger partial charge in [0.2, 0.25) is 0 Å². The van der Waals surface area contributed by atoms with Gasteiger partial charge >= 0.3 is 0 Å². The zero-order valence-electron chi connectivity index (χ0n) is 12.5. The summed E-state index contributed by atoms with van der Waals surface area (Å²) in [5.74, 6) is 0.689. The van der Waals surface area contributed by atoms with Crippen molar-refractivity contribution in [2.45, 2.75) is 51.6 Å². The first-order valence-electron chi connectivity index (χ1n) is 7.67. The lowest BCUT2D eigenvalue weighted by Gasteiger charge is -2.29. The molecule has 2 rings (SSSR count). The number of aliphatic imine (C=N–C) groups is 1. The van der Waals surface area contributed by atoms with Gasteiger partial charge in [0, 0.05) is 23.3 Å². The average Bonchev–Trinajstić information content (AvgIpc) is 2.44. The van der Waals surface area contributed by atoms with Gasteiger partial charge < -0.3 is 5.32 Å². The molecule has 1 aromatic rings. The minimum absolute atomic E-state index is 0.481. The summed E-state index contributed by atoms with van der Waals surface area (Å²) in [4.78, 5) is 4.87. The van der Waals surface area contributed by atoms with Gasteiger partial charge in [0.25, 0.3) is 0 Å². The molecule has 0 amide bonds. The quantitative estimate of drug-likeness (QED) is 0.790. The van der Waals surface area contributed by atoms with Crippen LogP contribution in [0.1, 0.15) is 45.1 Å². The number of rotatable bonds is 5. The van der Waals surface area contributed by atoms with Gasteiger partial charge in [-0.2, -0.15) is 0 Å². The molecule has 0 heterocycles. The van der Waals surface area contributed by atoms with Crippen LogP contribution < -0.4 is 5.32 Å². The average molecular weight is 337 g/mol. The van der Waals surface area contributed by atoms with Crippen molar-refractivity contribution in [1.82, 2.24) is 5.32 Å². The summed E-state index contributed by atoms with van der Waals surface area (Å²) in [6.07, 6.45) is 7.25. The second-order valence-electron chi connectivity index (χ2n) is 6.01. The molecule has 1 N–H and O–H groups in total. The predicted octanol–water partition coefficient (Wildman–Crippen LogP) is 4.42. The van der Waals surface area contributed by atoms with Crippen molar-refractivity contribution >= 4 is 22.1 Å². The van der Waals surface area contributed by atoms with Gasteiger partial charge in [0.15, 0.2) is 0 Å². The third-order valence-electron chi connectivity index (χ3n) is 3.92. The molecular weight excluding hydrogens is 312 g/mol. The molecule has 3 heteroatoms. The lowest BCUT2D eigenvalue weighted by Crippen LogP contribution is -2.36. The van der Waals surface area contributed by atoms with Crippen molar-refractivity contribution in [3.63, 3.8) is 0 Å². The second kappa shape index (κ2) is 7.94. The number of halogens is 1. The lowest BCUT2D eigenvalue weighted by atomic mass is 9.84. The largest absolute Gasteiger partial charge is 0.314 e. The molecule has 1 aliphatic rings. The molecule has 20 heavy (non-hydrogen) atoms. The van der Waals surface area contributed by atoms with Crippen LogP contribution in [0.4, 0.5) is 0 Å². The van der Waals surface area contributed by atoms with E-state index in [1.807, 2.05) is 12.3 Å². The molecule has 1 fully saturated rings. The minimum Gasteiger partial charge on any atom is -0.314 e. The minimum atomic E-state index is 0.481. The molecule has 0 aliphatic heterocycles. The van der Waals surface area contributed by atoms with Crippen LogP contribution in [0.5, 0.6) is 0 Å². The fourth-order valence-electron chi connectivity index (χ4n) is 2.78. The zero-order chi connectivity index (χ0) is 14.4. The number of nitrogens with zero attached hydrogens (tertiary/aromatic N) is 1. The highest BCUT2D eigenvalue weighted by atomic mass is 79.9. The normalized spacial score (nSPS) is 23.6. The van der Waals surface area contributed by atoms with E-state index in [0.717, 1.165) is 11.0 Å². The van der Waals surface area contributed by atoms with Gasteiger partial charge in [-0.3, -0.25) is 4.99 Å². The van der Waals surface area contributed by atoms with Gasteiger partial charge in [-0.25, -0.2) is 0 Å². The Morgan fingerprint density at radius 1 is 1.35 bits per heavy atom. The lowest BCUT2D eigenvalue weighted by molar-refractivity contribution is 0.293. The molecule has 1 aromatic carbocycles. The van der Waals surface area contributed by atoms with E-state index in [2.05, 4.69) is 53.3 Å². The molecule has 2 nitrogen and oxygen atoms in total. The van der Waals surface area contributed by atoms with Crippen LogP contribution in [0, 0.1) is 5.92 Å². The summed E-state index contributed by atoms with van der Waals surface area (Å²) < 4.78 is 1.11. The molecule has 0 saturated heterocycles. The van der Waals surface area contributed by atoms with Gasteiger partial charge in [0.05, 0.1) is 6.04 Å². The van der Waals surface area contributed by atoms with E-state index in [0.29, 0.717) is 18.0 Å². The maximum atomic E-state index is 4.87. The Bertz CT molecular complexity index is 442. The maximum Gasteiger partial charge on any atom is 0.0540 e. The van der Waals surface area contributed by atoms with Crippen LogP contribution >= 0.6 is 15.9 Å². The molecular formula is C17H25BrN2. The van der Waals surface area contributed by atoms with E-state index in [-0.39, 0.29) is 0 Å². The summed E-state index contributed by atoms with van der Waals surface area (Å²) in [6.45, 7) is 5.52. The van der Waals surface area contributed by atoms with E-state index >= 15 is 0 Å². The van der Waals surface area contributed by atoms with E-state index in [1.54, 1.807) is 0 Å². The Hall–Kier alpha value is -0.670. The first-order valence-corrected chi connectivity index (χ1v) is 8.46. The van der Waals surface area contributed by atoms with Crippen molar-refractivity contribution in [2.75, 3.05) is 6.54 Å². The Labute approximate surface area is 131 Å². The highest BCUT2D eigenvalue weighted by Gasteiger charge is 2.23. The van der Waals surface area contributed by atoms with Crippen molar-refractivity contribution in [2.24, 2.45) is 10.9 Å². The summed E-state index contributed by atoms with van der Waals surface area (Å²) in [5.41, 5.74) is 1.18. The zero-order valence-corrected chi connectivity index (χ0v) is 14.1. The monoisotopic (exact) mass is 336 g/mol. The van der Waals surface area contributed by atoms with E-state index in [9.17, 15) is 0 Å². The van der Waals surface area contributed by atoms with Gasteiger partial charge in [-0.05, 0) is 36.5 Å². The summed E-state index contributed by atoms with van der Waals surface area (Å²) in [7, 11) is 0. The SMILES string of the molecule is CC(C)NC[C@@H]1CCCC[C@H]1N=Cc1cccc(Br)c1. The van der Waals surface area contributed by atoms with Crippen LogP contribution in [-0.2, 0) is 0 Å². The number of hydrogen-bond acceptors (Lipinski definition) is 2. The van der Waals surface area contributed by atoms with Crippen molar-refractivity contribution in [1.29, 1.82) is 0 Å². The maximum absolute atomic E-state index is 4.87. The summed E-state index contributed by atoms with van der Waals surface area (Å²) >= 11 is 3.51. The topological polar surface area (TPSA) is 24.4 Å². The van der Waals surface area contributed by atoms with Crippen LogP contribution in [-0.4, -0.2) is 24.8 Å². The fraction of sp³-hybridized carbons (Fsp3) is 0.588. The molecule has 0 radical (unpaired) electrons. The van der Waals surface area contributed by atoms with Crippen molar-refractivity contribution in [3.8, 4) is 0 Å². The third kappa shape index (κ3) is 5.02.